The Labute approximate surface area is 205 Å². The Balaban J connectivity index is 1.39. The number of hydrogen-bond acceptors (Lipinski definition) is 5. The van der Waals surface area contributed by atoms with Crippen LogP contribution in [0.25, 0.3) is 0 Å². The van der Waals surface area contributed by atoms with Crippen LogP contribution in [-0.2, 0) is 14.9 Å². The summed E-state index contributed by atoms with van der Waals surface area (Å²) < 4.78 is 30.5. The average molecular weight is 500 g/mol. The molecular weight excluding hydrogens is 454 g/mol. The molecule has 4 fully saturated rings. The maximum absolute atomic E-state index is 12.2. The number of hydrogen-bond donors (Lipinski definition) is 4. The molecular formula is C26H45NO6S. The van der Waals surface area contributed by atoms with Crippen molar-refractivity contribution in [3.05, 3.63) is 0 Å². The van der Waals surface area contributed by atoms with E-state index in [0.717, 1.165) is 51.4 Å². The summed E-state index contributed by atoms with van der Waals surface area (Å²) in [4.78, 5) is 12.2. The number of amides is 1. The van der Waals surface area contributed by atoms with E-state index in [1.807, 2.05) is 0 Å². The van der Waals surface area contributed by atoms with Gasteiger partial charge in [0.25, 0.3) is 10.1 Å². The molecule has 4 saturated carbocycles. The third-order valence-electron chi connectivity index (χ3n) is 10.9. The molecule has 1 amide bonds. The van der Waals surface area contributed by atoms with Gasteiger partial charge in [-0.25, -0.2) is 0 Å². The van der Waals surface area contributed by atoms with Gasteiger partial charge in [-0.15, -0.1) is 0 Å². The summed E-state index contributed by atoms with van der Waals surface area (Å²) in [6.45, 7) is 7.05. The summed E-state index contributed by atoms with van der Waals surface area (Å²) in [7, 11) is -4.06. The van der Waals surface area contributed by atoms with Crippen molar-refractivity contribution in [3.63, 3.8) is 0 Å². The summed E-state index contributed by atoms with van der Waals surface area (Å²) in [5, 5.41) is 24.2. The van der Waals surface area contributed by atoms with Crippen molar-refractivity contribution in [1.29, 1.82) is 0 Å². The first kappa shape index (κ1) is 26.4. The van der Waals surface area contributed by atoms with Gasteiger partial charge in [0.2, 0.25) is 5.91 Å². The van der Waals surface area contributed by atoms with E-state index in [1.54, 1.807) is 0 Å². The van der Waals surface area contributed by atoms with E-state index >= 15 is 0 Å². The lowest BCUT2D eigenvalue weighted by Crippen LogP contribution is -2.58. The zero-order chi connectivity index (χ0) is 24.9. The van der Waals surface area contributed by atoms with Gasteiger partial charge in [-0.3, -0.25) is 9.35 Å². The number of nitrogens with one attached hydrogen (secondary N) is 1. The molecule has 34 heavy (non-hydrogen) atoms. The zero-order valence-electron chi connectivity index (χ0n) is 21.1. The van der Waals surface area contributed by atoms with Crippen molar-refractivity contribution in [1.82, 2.24) is 5.32 Å². The Kier molecular flexibility index (Phi) is 7.47. The Morgan fingerprint density at radius 2 is 1.71 bits per heavy atom. The molecule has 0 aromatic carbocycles. The minimum Gasteiger partial charge on any atom is -0.393 e. The molecule has 0 bridgehead atoms. The third kappa shape index (κ3) is 4.94. The molecule has 4 N–H and O–H groups in total. The summed E-state index contributed by atoms with van der Waals surface area (Å²) in [6, 6.07) is 0. The van der Waals surface area contributed by atoms with Crippen LogP contribution in [0.1, 0.15) is 85.0 Å². The summed E-state index contributed by atoms with van der Waals surface area (Å²) >= 11 is 0. The molecule has 0 radical (unpaired) electrons. The van der Waals surface area contributed by atoms with Gasteiger partial charge in [0.15, 0.2) is 0 Å². The minimum atomic E-state index is -4.06. The molecule has 4 aliphatic carbocycles. The van der Waals surface area contributed by atoms with Crippen molar-refractivity contribution in [3.8, 4) is 0 Å². The first-order valence-electron chi connectivity index (χ1n) is 13.4. The van der Waals surface area contributed by atoms with Crippen LogP contribution in [0, 0.1) is 46.3 Å². The van der Waals surface area contributed by atoms with Gasteiger partial charge in [0.1, 0.15) is 0 Å². The molecule has 0 saturated heterocycles. The number of aliphatic hydroxyl groups is 2. The number of rotatable bonds is 7. The van der Waals surface area contributed by atoms with Gasteiger partial charge < -0.3 is 15.5 Å². The first-order valence-corrected chi connectivity index (χ1v) is 15.0. The molecule has 0 aliphatic heterocycles. The fraction of sp³-hybridized carbons (Fsp3) is 0.962. The predicted octanol–water partition coefficient (Wildman–Crippen LogP) is 3.40. The Morgan fingerprint density at radius 1 is 1.03 bits per heavy atom. The van der Waals surface area contributed by atoms with E-state index in [-0.39, 0.29) is 35.5 Å². The van der Waals surface area contributed by atoms with Crippen LogP contribution in [-0.4, -0.2) is 53.6 Å². The van der Waals surface area contributed by atoms with Crippen LogP contribution >= 0.6 is 0 Å². The fourth-order valence-corrected chi connectivity index (χ4v) is 9.50. The summed E-state index contributed by atoms with van der Waals surface area (Å²) in [5.41, 5.74) is 0.411. The number of carbonyl (C=O) groups is 1. The highest BCUT2D eigenvalue weighted by atomic mass is 32.2. The lowest BCUT2D eigenvalue weighted by molar-refractivity contribution is -0.174. The van der Waals surface area contributed by atoms with Crippen molar-refractivity contribution in [2.45, 2.75) is 97.2 Å². The molecule has 7 nitrogen and oxygen atoms in total. The highest BCUT2D eigenvalue weighted by Gasteiger charge is 2.62. The maximum atomic E-state index is 12.2. The van der Waals surface area contributed by atoms with Gasteiger partial charge in [-0.05, 0) is 104 Å². The predicted molar refractivity (Wildman–Crippen MR) is 130 cm³/mol. The normalized spacial score (nSPS) is 45.1. The average Bonchev–Trinajstić information content (AvgIpc) is 3.09. The largest absolute Gasteiger partial charge is 0.393 e. The third-order valence-corrected chi connectivity index (χ3v) is 11.6. The molecule has 0 aromatic heterocycles. The number of aliphatic hydroxyl groups excluding tert-OH is 2. The first-order chi connectivity index (χ1) is 15.8. The van der Waals surface area contributed by atoms with E-state index in [2.05, 4.69) is 26.1 Å². The molecule has 196 valence electrons. The van der Waals surface area contributed by atoms with Gasteiger partial charge >= 0.3 is 0 Å². The number of carbonyl (C=O) groups excluding carboxylic acids is 1. The van der Waals surface area contributed by atoms with E-state index in [9.17, 15) is 23.4 Å². The smallest absolute Gasteiger partial charge is 0.266 e. The van der Waals surface area contributed by atoms with Crippen LogP contribution in [0.4, 0.5) is 0 Å². The van der Waals surface area contributed by atoms with Crippen molar-refractivity contribution >= 4 is 16.0 Å². The lowest BCUT2D eigenvalue weighted by Gasteiger charge is -2.62. The Morgan fingerprint density at radius 3 is 2.41 bits per heavy atom. The maximum Gasteiger partial charge on any atom is 0.266 e. The molecule has 0 aromatic rings. The van der Waals surface area contributed by atoms with E-state index in [4.69, 9.17) is 4.55 Å². The van der Waals surface area contributed by atoms with E-state index in [0.29, 0.717) is 41.9 Å². The van der Waals surface area contributed by atoms with Crippen LogP contribution in [0.15, 0.2) is 0 Å². The molecule has 0 spiro atoms. The quantitative estimate of drug-likeness (QED) is 0.398. The van der Waals surface area contributed by atoms with Gasteiger partial charge in [-0.2, -0.15) is 8.42 Å². The van der Waals surface area contributed by atoms with Crippen molar-refractivity contribution in [2.75, 3.05) is 12.3 Å². The molecule has 10 atom stereocenters. The second-order valence-corrected chi connectivity index (χ2v) is 14.2. The molecule has 4 aliphatic rings. The second-order valence-electron chi connectivity index (χ2n) is 12.6. The molecule has 8 heteroatoms. The number of fused-ring (bicyclic) bond motifs is 5. The highest BCUT2D eigenvalue weighted by Crippen LogP contribution is 2.68. The Bertz CT molecular complexity index is 863. The minimum absolute atomic E-state index is 0.0625. The van der Waals surface area contributed by atoms with Crippen LogP contribution < -0.4 is 5.32 Å². The van der Waals surface area contributed by atoms with Gasteiger partial charge in [0.05, 0.1) is 18.0 Å². The van der Waals surface area contributed by atoms with Crippen molar-refractivity contribution < 1.29 is 28.0 Å². The molecule has 5 unspecified atom stereocenters. The van der Waals surface area contributed by atoms with Crippen LogP contribution in [0.5, 0.6) is 0 Å². The summed E-state index contributed by atoms with van der Waals surface area (Å²) in [6.07, 6.45) is 8.87. The van der Waals surface area contributed by atoms with Gasteiger partial charge in [-0.1, -0.05) is 20.8 Å². The lowest BCUT2D eigenvalue weighted by atomic mass is 9.43. The van der Waals surface area contributed by atoms with E-state index in [1.165, 1.54) is 6.42 Å². The van der Waals surface area contributed by atoms with E-state index < -0.39 is 15.9 Å². The zero-order valence-corrected chi connectivity index (χ0v) is 21.9. The highest BCUT2D eigenvalue weighted by molar-refractivity contribution is 7.85. The SMILES string of the molecule is CC(CCC(=O)NCCS(=O)(=O)O)[C@H]1CCC2C3C(O)C[C@@H]4C[C@H](O)CC[C@]4(C)C3CC[C@@]21C. The monoisotopic (exact) mass is 499 g/mol. The topological polar surface area (TPSA) is 124 Å². The van der Waals surface area contributed by atoms with Crippen LogP contribution in [0.3, 0.4) is 0 Å². The molecule has 0 heterocycles. The van der Waals surface area contributed by atoms with Crippen molar-refractivity contribution in [2.24, 2.45) is 46.3 Å². The fourth-order valence-electron chi connectivity index (χ4n) is 9.14. The second kappa shape index (κ2) is 9.64. The van der Waals surface area contributed by atoms with Crippen LogP contribution in [0.2, 0.25) is 0 Å². The summed E-state index contributed by atoms with van der Waals surface area (Å²) in [5.74, 6) is 2.10. The standard InChI is InChI=1S/C26H45NO6S/c1-16(4-7-23(30)27-12-13-34(31,32)33)19-5-6-20-24-21(9-11-26(19,20)3)25(2)10-8-18(28)14-17(25)15-22(24)29/h16-22,24,28-29H,4-15H2,1-3H3,(H,27,30)(H,31,32,33)/t16?,17-,18+,19+,20?,21?,22?,24?,25-,26+/m0/s1. The molecule has 4 rings (SSSR count). The Hall–Kier alpha value is -0.700. The van der Waals surface area contributed by atoms with Gasteiger partial charge in [0, 0.05) is 13.0 Å².